The van der Waals surface area contributed by atoms with E-state index in [-0.39, 0.29) is 5.91 Å². The Hall–Kier alpha value is -1.04. The molecule has 17 heavy (non-hydrogen) atoms. The Morgan fingerprint density at radius 1 is 1.35 bits per heavy atom. The van der Waals surface area contributed by atoms with Crippen LogP contribution in [0.5, 0.6) is 0 Å². The lowest BCUT2D eigenvalue weighted by molar-refractivity contribution is -0.137. The third-order valence-corrected chi connectivity index (χ3v) is 3.82. The van der Waals surface area contributed by atoms with Crippen LogP contribution in [0.2, 0.25) is 0 Å². The highest BCUT2D eigenvalue weighted by molar-refractivity contribution is 5.84. The molecule has 1 fully saturated rings. The van der Waals surface area contributed by atoms with Crippen molar-refractivity contribution < 1.29 is 4.79 Å². The molecule has 0 unspecified atom stereocenters. The van der Waals surface area contributed by atoms with Gasteiger partial charge in [0.05, 0.1) is 6.07 Å². The van der Waals surface area contributed by atoms with Crippen LogP contribution >= 0.6 is 0 Å². The minimum atomic E-state index is -0.877. The van der Waals surface area contributed by atoms with E-state index in [9.17, 15) is 4.79 Å². The number of nitriles is 1. The van der Waals surface area contributed by atoms with Gasteiger partial charge in [-0.1, -0.05) is 13.8 Å². The van der Waals surface area contributed by atoms with Crippen molar-refractivity contribution in [1.29, 1.82) is 5.26 Å². The predicted molar refractivity (Wildman–Crippen MR) is 68.2 cm³/mol. The molecule has 0 aromatic heterocycles. The molecule has 3 heteroatoms. The number of amides is 1. The fourth-order valence-electron chi connectivity index (χ4n) is 2.44. The Kier molecular flexibility index (Phi) is 4.56. The molecule has 0 aliphatic carbocycles. The molecule has 1 aliphatic heterocycles. The van der Waals surface area contributed by atoms with Crippen molar-refractivity contribution in [2.24, 2.45) is 17.3 Å². The smallest absolute Gasteiger partial charge is 0.242 e. The van der Waals surface area contributed by atoms with Gasteiger partial charge in [0, 0.05) is 13.1 Å². The van der Waals surface area contributed by atoms with Crippen LogP contribution in [0, 0.1) is 28.6 Å². The summed E-state index contributed by atoms with van der Waals surface area (Å²) in [5.41, 5.74) is -0.877. The van der Waals surface area contributed by atoms with Gasteiger partial charge in [-0.15, -0.1) is 0 Å². The van der Waals surface area contributed by atoms with Crippen LogP contribution in [-0.2, 0) is 4.79 Å². The number of likely N-dealkylation sites (tertiary alicyclic amines) is 1. The zero-order valence-electron chi connectivity index (χ0n) is 11.5. The zero-order valence-corrected chi connectivity index (χ0v) is 11.5. The van der Waals surface area contributed by atoms with Crippen LogP contribution in [0.25, 0.3) is 0 Å². The summed E-state index contributed by atoms with van der Waals surface area (Å²) in [7, 11) is 0. The maximum absolute atomic E-state index is 12.2. The van der Waals surface area contributed by atoms with Gasteiger partial charge in [-0.2, -0.15) is 5.26 Å². The van der Waals surface area contributed by atoms with E-state index in [1.165, 1.54) is 6.42 Å². The van der Waals surface area contributed by atoms with Gasteiger partial charge in [0.15, 0.2) is 0 Å². The summed E-state index contributed by atoms with van der Waals surface area (Å²) in [6, 6.07) is 2.10. The first-order valence-electron chi connectivity index (χ1n) is 6.59. The predicted octanol–water partition coefficient (Wildman–Crippen LogP) is 2.82. The summed E-state index contributed by atoms with van der Waals surface area (Å²) in [4.78, 5) is 14.1. The Bertz CT molecular complexity index is 315. The van der Waals surface area contributed by atoms with Crippen LogP contribution in [0.15, 0.2) is 0 Å². The van der Waals surface area contributed by atoms with Crippen molar-refractivity contribution in [1.82, 2.24) is 4.90 Å². The molecular formula is C14H24N2O. The molecule has 0 aromatic carbocycles. The molecule has 3 nitrogen and oxygen atoms in total. The molecule has 1 amide bonds. The second-order valence-corrected chi connectivity index (χ2v) is 5.96. The summed E-state index contributed by atoms with van der Waals surface area (Å²) in [6.07, 6.45) is 3.34. The van der Waals surface area contributed by atoms with Crippen LogP contribution < -0.4 is 0 Å². The lowest BCUT2D eigenvalue weighted by Crippen LogP contribution is -2.40. The molecule has 1 heterocycles. The van der Waals surface area contributed by atoms with Gasteiger partial charge in [-0.3, -0.25) is 4.79 Å². The second kappa shape index (κ2) is 5.53. The van der Waals surface area contributed by atoms with Gasteiger partial charge < -0.3 is 4.90 Å². The van der Waals surface area contributed by atoms with E-state index in [0.29, 0.717) is 5.92 Å². The van der Waals surface area contributed by atoms with Gasteiger partial charge in [0.25, 0.3) is 0 Å². The summed E-state index contributed by atoms with van der Waals surface area (Å²) in [6.45, 7) is 9.54. The Labute approximate surface area is 105 Å². The normalized spacial score (nSPS) is 22.1. The first kappa shape index (κ1) is 14.0. The zero-order chi connectivity index (χ0) is 13.1. The van der Waals surface area contributed by atoms with E-state index in [4.69, 9.17) is 5.26 Å². The quantitative estimate of drug-likeness (QED) is 0.740. The highest BCUT2D eigenvalue weighted by atomic mass is 16.2. The van der Waals surface area contributed by atoms with Gasteiger partial charge >= 0.3 is 0 Å². The molecule has 0 radical (unpaired) electrons. The number of nitrogens with zero attached hydrogens (tertiary/aromatic N) is 2. The Balaban J connectivity index is 2.64. The summed E-state index contributed by atoms with van der Waals surface area (Å²) in [5.74, 6) is 1.40. The molecule has 0 spiro atoms. The first-order chi connectivity index (χ1) is 7.88. The molecule has 1 saturated heterocycles. The second-order valence-electron chi connectivity index (χ2n) is 5.96. The molecule has 0 bridgehead atoms. The van der Waals surface area contributed by atoms with Crippen LogP contribution in [-0.4, -0.2) is 23.9 Å². The van der Waals surface area contributed by atoms with Gasteiger partial charge in [0.1, 0.15) is 5.41 Å². The average molecular weight is 236 g/mol. The van der Waals surface area contributed by atoms with Crippen molar-refractivity contribution in [3.8, 4) is 6.07 Å². The monoisotopic (exact) mass is 236 g/mol. The number of hydrogen-bond donors (Lipinski definition) is 0. The van der Waals surface area contributed by atoms with E-state index < -0.39 is 5.41 Å². The molecule has 1 rings (SSSR count). The highest BCUT2D eigenvalue weighted by Crippen LogP contribution is 2.27. The molecule has 1 aliphatic rings. The van der Waals surface area contributed by atoms with Crippen LogP contribution in [0.1, 0.15) is 47.0 Å². The minimum Gasteiger partial charge on any atom is -0.341 e. The van der Waals surface area contributed by atoms with E-state index >= 15 is 0 Å². The summed E-state index contributed by atoms with van der Waals surface area (Å²) in [5, 5.41) is 9.01. The molecule has 1 atom stereocenters. The van der Waals surface area contributed by atoms with Crippen molar-refractivity contribution in [2.75, 3.05) is 13.1 Å². The van der Waals surface area contributed by atoms with Crippen LogP contribution in [0.4, 0.5) is 0 Å². The van der Waals surface area contributed by atoms with E-state index in [1.54, 1.807) is 13.8 Å². The Morgan fingerprint density at radius 3 is 2.53 bits per heavy atom. The lowest BCUT2D eigenvalue weighted by atomic mass is 9.89. The van der Waals surface area contributed by atoms with Crippen molar-refractivity contribution in [3.05, 3.63) is 0 Å². The molecule has 0 saturated carbocycles. The number of carbonyl (C=O) groups is 1. The molecule has 0 aromatic rings. The van der Waals surface area contributed by atoms with E-state index in [1.807, 2.05) is 4.90 Å². The topological polar surface area (TPSA) is 44.1 Å². The fraction of sp³-hybridized carbons (Fsp3) is 0.857. The largest absolute Gasteiger partial charge is 0.341 e. The minimum absolute atomic E-state index is 0.00981. The maximum Gasteiger partial charge on any atom is 0.242 e. The summed E-state index contributed by atoms with van der Waals surface area (Å²) >= 11 is 0. The van der Waals surface area contributed by atoms with E-state index in [0.717, 1.165) is 31.8 Å². The molecular weight excluding hydrogens is 212 g/mol. The number of rotatable bonds is 2. The summed E-state index contributed by atoms with van der Waals surface area (Å²) < 4.78 is 0. The molecule has 0 N–H and O–H groups in total. The van der Waals surface area contributed by atoms with Crippen molar-refractivity contribution in [2.45, 2.75) is 47.0 Å². The Morgan fingerprint density at radius 2 is 2.00 bits per heavy atom. The number of hydrogen-bond acceptors (Lipinski definition) is 2. The van der Waals surface area contributed by atoms with E-state index in [2.05, 4.69) is 19.9 Å². The van der Waals surface area contributed by atoms with Gasteiger partial charge in [0.2, 0.25) is 5.91 Å². The van der Waals surface area contributed by atoms with Gasteiger partial charge in [-0.25, -0.2) is 0 Å². The third kappa shape index (κ3) is 3.46. The standard InChI is InChI=1S/C14H24N2O/c1-11(2)12-6-5-8-16(9-7-12)13(17)14(3,4)10-15/h11-12H,5-9H2,1-4H3/t12-/m1/s1. The third-order valence-electron chi connectivity index (χ3n) is 3.82. The number of carbonyl (C=O) groups excluding carboxylic acids is 1. The van der Waals surface area contributed by atoms with Crippen LogP contribution in [0.3, 0.4) is 0 Å². The average Bonchev–Trinajstić information content (AvgIpc) is 2.53. The lowest BCUT2D eigenvalue weighted by Gasteiger charge is -2.26. The highest BCUT2D eigenvalue weighted by Gasteiger charge is 2.33. The molecule has 96 valence electrons. The fourth-order valence-corrected chi connectivity index (χ4v) is 2.44. The van der Waals surface area contributed by atoms with Crippen molar-refractivity contribution >= 4 is 5.91 Å². The first-order valence-corrected chi connectivity index (χ1v) is 6.59. The van der Waals surface area contributed by atoms with Crippen molar-refractivity contribution in [3.63, 3.8) is 0 Å². The maximum atomic E-state index is 12.2. The van der Waals surface area contributed by atoms with Gasteiger partial charge in [-0.05, 0) is 44.9 Å². The SMILES string of the molecule is CC(C)[C@@H]1CCCN(C(=O)C(C)(C)C#N)CC1.